The van der Waals surface area contributed by atoms with E-state index < -0.39 is 11.9 Å². The van der Waals surface area contributed by atoms with Crippen LogP contribution in [0, 0.1) is 5.82 Å². The second kappa shape index (κ2) is 16.3. The first-order valence-corrected chi connectivity index (χ1v) is 13.6. The second-order valence-corrected chi connectivity index (χ2v) is 10.2. The van der Waals surface area contributed by atoms with Crippen LogP contribution in [-0.4, -0.2) is 28.8 Å². The van der Waals surface area contributed by atoms with E-state index in [1.54, 1.807) is 19.1 Å². The molecule has 3 aromatic rings. The van der Waals surface area contributed by atoms with Gasteiger partial charge in [0.05, 0.1) is 6.54 Å². The molecule has 0 fully saturated rings. The van der Waals surface area contributed by atoms with E-state index in [9.17, 15) is 23.9 Å². The Morgan fingerprint density at radius 3 is 2.15 bits per heavy atom. The molecule has 0 aliphatic rings. The van der Waals surface area contributed by atoms with E-state index in [1.165, 1.54) is 18.2 Å². The molecule has 0 saturated heterocycles. The first-order valence-electron chi connectivity index (χ1n) is 13.6. The van der Waals surface area contributed by atoms with Gasteiger partial charge in [-0.25, -0.2) is 4.39 Å². The van der Waals surface area contributed by atoms with Gasteiger partial charge in [0, 0.05) is 40.6 Å². The maximum Gasteiger partial charge on any atom is 1.00 e. The first-order chi connectivity index (χ1) is 19.1. The average Bonchev–Trinajstić information content (AvgIpc) is 3.25. The molecule has 3 N–H and O–H groups in total. The zero-order chi connectivity index (χ0) is 29.2. The fourth-order valence-corrected chi connectivity index (χ4v) is 4.96. The first kappa shape index (κ1) is 34.0. The third-order valence-electron chi connectivity index (χ3n) is 6.59. The van der Waals surface area contributed by atoms with Crippen LogP contribution in [0.1, 0.15) is 75.1 Å². The van der Waals surface area contributed by atoms with Crippen molar-refractivity contribution in [2.75, 3.05) is 6.54 Å². The number of aliphatic carboxylic acids is 1. The van der Waals surface area contributed by atoms with Crippen molar-refractivity contribution in [2.24, 2.45) is 5.73 Å². The summed E-state index contributed by atoms with van der Waals surface area (Å²) in [6.07, 6.45) is 4.81. The van der Waals surface area contributed by atoms with Gasteiger partial charge in [0.1, 0.15) is 11.5 Å². The summed E-state index contributed by atoms with van der Waals surface area (Å²) >= 11 is 0. The monoisotopic (exact) mass is 569 g/mol. The number of amides is 1. The van der Waals surface area contributed by atoms with Crippen LogP contribution in [-0.2, 0) is 16.0 Å². The Kier molecular flexibility index (Phi) is 13.5. The molecule has 0 spiro atoms. The van der Waals surface area contributed by atoms with E-state index in [0.29, 0.717) is 29.8 Å². The molecule has 0 saturated carbocycles. The van der Waals surface area contributed by atoms with Crippen molar-refractivity contribution < 1.29 is 53.4 Å². The van der Waals surface area contributed by atoms with Crippen molar-refractivity contribution in [3.05, 3.63) is 83.6 Å². The number of carboxylic acids is 1. The van der Waals surface area contributed by atoms with Crippen LogP contribution in [0.25, 0.3) is 22.3 Å². The van der Waals surface area contributed by atoms with Crippen molar-refractivity contribution in [2.45, 2.75) is 65.3 Å². The molecule has 2 aromatic carbocycles. The summed E-state index contributed by atoms with van der Waals surface area (Å²) in [6, 6.07) is 15.7. The van der Waals surface area contributed by atoms with Gasteiger partial charge in [-0.1, -0.05) is 55.3 Å². The molecule has 9 heteroatoms. The minimum atomic E-state index is -1.05. The SMILES string of the molecule is C/C(N)=C/C(=O)CNC(=O)c1c(-c2ccccc2)c(-c2ccc(F)cc2)c(CCCCCCC(=O)[O-])n1C(C)C.[Na+]. The van der Waals surface area contributed by atoms with Gasteiger partial charge in [0.2, 0.25) is 0 Å². The number of ketones is 1. The molecule has 0 aliphatic carbocycles. The van der Waals surface area contributed by atoms with Crippen LogP contribution in [0.5, 0.6) is 0 Å². The largest absolute Gasteiger partial charge is 1.00 e. The molecule has 0 aliphatic heterocycles. The predicted molar refractivity (Wildman–Crippen MR) is 153 cm³/mol. The Morgan fingerprint density at radius 2 is 1.56 bits per heavy atom. The fourth-order valence-electron chi connectivity index (χ4n) is 4.96. The van der Waals surface area contributed by atoms with E-state index in [1.807, 2.05) is 48.7 Å². The molecule has 7 nitrogen and oxygen atoms in total. The van der Waals surface area contributed by atoms with E-state index in [0.717, 1.165) is 41.6 Å². The smallest absolute Gasteiger partial charge is 0.550 e. The summed E-state index contributed by atoms with van der Waals surface area (Å²) < 4.78 is 16.0. The third kappa shape index (κ3) is 9.42. The predicted octanol–water partition coefficient (Wildman–Crippen LogP) is 1.95. The standard InChI is InChI=1S/C32H38FN3O4.Na/c1-21(2)36-27(13-9-4-5-10-14-28(38)39)29(24-15-17-25(33)18-16-24)30(23-11-7-6-8-12-23)31(36)32(40)35-20-26(37)19-22(3)34;/h6-8,11-12,15-19,21H,4-5,9-10,13-14,20,34H2,1-3H3,(H,35,40)(H,38,39);/q;+1/p-1/b22-19-;. The molecular formula is C32H37FN3NaO4. The molecule has 1 aromatic heterocycles. The number of nitrogens with two attached hydrogens (primary N) is 1. The zero-order valence-corrected chi connectivity index (χ0v) is 26.3. The van der Waals surface area contributed by atoms with Crippen molar-refractivity contribution in [1.82, 2.24) is 9.88 Å². The summed E-state index contributed by atoms with van der Waals surface area (Å²) in [5.74, 6) is -2.12. The number of unbranched alkanes of at least 4 members (excludes halogenated alkanes) is 3. The number of aromatic nitrogens is 1. The van der Waals surface area contributed by atoms with Crippen molar-refractivity contribution in [3.63, 3.8) is 0 Å². The van der Waals surface area contributed by atoms with Crippen molar-refractivity contribution >= 4 is 17.7 Å². The minimum Gasteiger partial charge on any atom is -0.550 e. The summed E-state index contributed by atoms with van der Waals surface area (Å²) in [4.78, 5) is 36.9. The number of benzene rings is 2. The summed E-state index contributed by atoms with van der Waals surface area (Å²) in [7, 11) is 0. The number of carboxylic acid groups (broad SMARTS) is 1. The Bertz CT molecular complexity index is 1360. The number of hydrogen-bond acceptors (Lipinski definition) is 5. The summed E-state index contributed by atoms with van der Waals surface area (Å²) in [5.41, 5.74) is 10.5. The third-order valence-corrected chi connectivity index (χ3v) is 6.59. The maximum atomic E-state index is 14.0. The number of nitrogens with zero attached hydrogens (tertiary/aromatic N) is 1. The topological polar surface area (TPSA) is 117 Å². The van der Waals surface area contributed by atoms with E-state index in [-0.39, 0.29) is 60.2 Å². The van der Waals surface area contributed by atoms with Crippen LogP contribution >= 0.6 is 0 Å². The Balaban J connectivity index is 0.00000588. The molecule has 3 rings (SSSR count). The fraction of sp³-hybridized carbons (Fsp3) is 0.344. The maximum absolute atomic E-state index is 14.0. The molecular weight excluding hydrogens is 532 g/mol. The van der Waals surface area contributed by atoms with Crippen LogP contribution in [0.3, 0.4) is 0 Å². The van der Waals surface area contributed by atoms with Gasteiger partial charge in [0.25, 0.3) is 5.91 Å². The Hall–Kier alpha value is -3.20. The van der Waals surface area contributed by atoms with E-state index >= 15 is 0 Å². The molecule has 1 heterocycles. The van der Waals surface area contributed by atoms with Crippen LogP contribution in [0.2, 0.25) is 0 Å². The van der Waals surface area contributed by atoms with Crippen LogP contribution in [0.4, 0.5) is 4.39 Å². The minimum absolute atomic E-state index is 0. The van der Waals surface area contributed by atoms with E-state index in [2.05, 4.69) is 5.32 Å². The number of nitrogens with one attached hydrogen (secondary N) is 1. The quantitative estimate of drug-likeness (QED) is 0.175. The molecule has 0 bridgehead atoms. The molecule has 0 atom stereocenters. The molecule has 41 heavy (non-hydrogen) atoms. The average molecular weight is 570 g/mol. The van der Waals surface area contributed by atoms with Gasteiger partial charge >= 0.3 is 29.6 Å². The van der Waals surface area contributed by atoms with Gasteiger partial charge in [-0.05, 0) is 69.7 Å². The number of allylic oxidation sites excluding steroid dienone is 1. The Morgan fingerprint density at radius 1 is 0.951 bits per heavy atom. The number of halogens is 1. The number of hydrogen-bond donors (Lipinski definition) is 2. The summed E-state index contributed by atoms with van der Waals surface area (Å²) in [5, 5.41) is 13.6. The van der Waals surface area contributed by atoms with Crippen molar-refractivity contribution in [3.8, 4) is 22.3 Å². The number of carbonyl (C=O) groups excluding carboxylic acids is 3. The number of rotatable bonds is 14. The van der Waals surface area contributed by atoms with Crippen molar-refractivity contribution in [1.29, 1.82) is 0 Å². The van der Waals surface area contributed by atoms with E-state index in [4.69, 9.17) is 5.73 Å². The van der Waals surface area contributed by atoms with Gasteiger partial charge in [0.15, 0.2) is 5.78 Å². The van der Waals surface area contributed by atoms with Crippen LogP contribution < -0.4 is 45.7 Å². The molecule has 212 valence electrons. The number of carbonyl (C=O) groups is 3. The van der Waals surface area contributed by atoms with Gasteiger partial charge in [-0.15, -0.1) is 0 Å². The van der Waals surface area contributed by atoms with Gasteiger partial charge in [-0.3, -0.25) is 9.59 Å². The van der Waals surface area contributed by atoms with Gasteiger partial charge < -0.3 is 25.5 Å². The molecule has 0 radical (unpaired) electrons. The normalized spacial score (nSPS) is 11.3. The second-order valence-electron chi connectivity index (χ2n) is 10.2. The van der Waals surface area contributed by atoms with Gasteiger partial charge in [-0.2, -0.15) is 0 Å². The Labute approximate surface area is 263 Å². The summed E-state index contributed by atoms with van der Waals surface area (Å²) in [6.45, 7) is 5.39. The molecule has 0 unspecified atom stereocenters. The zero-order valence-electron chi connectivity index (χ0n) is 24.3. The molecule has 1 amide bonds. The van der Waals surface area contributed by atoms with Crippen LogP contribution in [0.15, 0.2) is 66.4 Å².